The summed E-state index contributed by atoms with van der Waals surface area (Å²) in [4.78, 5) is 2.12. The van der Waals surface area contributed by atoms with E-state index in [1.165, 1.54) is 6.07 Å². The number of hydrogen-bond donors (Lipinski definition) is 1. The van der Waals surface area contributed by atoms with Gasteiger partial charge in [-0.3, -0.25) is 0 Å². The van der Waals surface area contributed by atoms with E-state index in [2.05, 4.69) is 4.90 Å². The van der Waals surface area contributed by atoms with Crippen molar-refractivity contribution in [3.05, 3.63) is 70.5 Å². The van der Waals surface area contributed by atoms with Crippen LogP contribution in [0.3, 0.4) is 0 Å². The molecule has 0 aliphatic carbocycles. The summed E-state index contributed by atoms with van der Waals surface area (Å²) in [5.74, 6) is -0.603. The highest BCUT2D eigenvalue weighted by Crippen LogP contribution is 2.44. The highest BCUT2D eigenvalue weighted by Gasteiger charge is 2.43. The monoisotopic (exact) mass is 319 g/mol. The van der Waals surface area contributed by atoms with Gasteiger partial charge in [0.2, 0.25) is 0 Å². The van der Waals surface area contributed by atoms with Crippen molar-refractivity contribution < 1.29 is 9.50 Å². The molecule has 1 N–H and O–H groups in total. The summed E-state index contributed by atoms with van der Waals surface area (Å²) >= 11 is 6.08. The van der Waals surface area contributed by atoms with Crippen LogP contribution < -0.4 is 0 Å². The van der Waals surface area contributed by atoms with Crippen LogP contribution in [0.5, 0.6) is 0 Å². The van der Waals surface area contributed by atoms with Gasteiger partial charge >= 0.3 is 0 Å². The molecule has 1 fully saturated rings. The first-order valence-electron chi connectivity index (χ1n) is 7.42. The Hall–Kier alpha value is -1.42. The Morgan fingerprint density at radius 2 is 2.00 bits per heavy atom. The summed E-state index contributed by atoms with van der Waals surface area (Å²) < 4.78 is 14.3. The Kier molecular flexibility index (Phi) is 4.22. The van der Waals surface area contributed by atoms with Crippen LogP contribution in [0.25, 0.3) is 0 Å². The van der Waals surface area contributed by atoms with Gasteiger partial charge in [0.15, 0.2) is 0 Å². The van der Waals surface area contributed by atoms with E-state index in [-0.39, 0.29) is 11.7 Å². The van der Waals surface area contributed by atoms with E-state index < -0.39 is 5.60 Å². The van der Waals surface area contributed by atoms with Gasteiger partial charge in [-0.1, -0.05) is 41.9 Å². The first-order chi connectivity index (χ1) is 10.5. The topological polar surface area (TPSA) is 23.5 Å². The maximum atomic E-state index is 14.3. The molecule has 3 rings (SSSR count). The molecule has 22 heavy (non-hydrogen) atoms. The van der Waals surface area contributed by atoms with Gasteiger partial charge in [-0.25, -0.2) is 4.39 Å². The van der Waals surface area contributed by atoms with Crippen LogP contribution in [0.4, 0.5) is 4.39 Å². The number of likely N-dealkylation sites (tertiary alicyclic amines) is 1. The summed E-state index contributed by atoms with van der Waals surface area (Å²) in [6.45, 7) is 1.36. The Morgan fingerprint density at radius 1 is 1.23 bits per heavy atom. The largest absolute Gasteiger partial charge is 0.384 e. The van der Waals surface area contributed by atoms with E-state index >= 15 is 0 Å². The van der Waals surface area contributed by atoms with Crippen LogP contribution in [0, 0.1) is 5.82 Å². The average molecular weight is 320 g/mol. The third-order valence-electron chi connectivity index (χ3n) is 4.55. The van der Waals surface area contributed by atoms with E-state index in [0.29, 0.717) is 23.6 Å². The number of likely N-dealkylation sites (N-methyl/N-ethyl adjacent to an activating group) is 1. The van der Waals surface area contributed by atoms with Crippen molar-refractivity contribution in [1.82, 2.24) is 4.90 Å². The predicted octanol–water partition coefficient (Wildman–Crippen LogP) is 3.79. The molecule has 2 atom stereocenters. The molecule has 0 aromatic heterocycles. The summed E-state index contributed by atoms with van der Waals surface area (Å²) in [6, 6.07) is 13.9. The van der Waals surface area contributed by atoms with Gasteiger partial charge in [0, 0.05) is 24.0 Å². The number of piperidine rings is 1. The highest BCUT2D eigenvalue weighted by molar-refractivity contribution is 6.30. The summed E-state index contributed by atoms with van der Waals surface area (Å²) in [7, 11) is 1.99. The zero-order valence-electron chi connectivity index (χ0n) is 12.5. The lowest BCUT2D eigenvalue weighted by Gasteiger charge is -2.44. The Bertz CT molecular complexity index is 678. The Balaban J connectivity index is 2.09. The lowest BCUT2D eigenvalue weighted by molar-refractivity contribution is -0.0428. The van der Waals surface area contributed by atoms with Crippen molar-refractivity contribution in [2.75, 3.05) is 20.1 Å². The first-order valence-corrected chi connectivity index (χ1v) is 7.80. The average Bonchev–Trinajstić information content (AvgIpc) is 2.51. The molecular weight excluding hydrogens is 301 g/mol. The van der Waals surface area contributed by atoms with Gasteiger partial charge in [-0.2, -0.15) is 0 Å². The number of hydrogen-bond acceptors (Lipinski definition) is 2. The molecule has 116 valence electrons. The molecule has 2 nitrogen and oxygen atoms in total. The number of benzene rings is 2. The van der Waals surface area contributed by atoms with E-state index in [4.69, 9.17) is 11.6 Å². The fourth-order valence-electron chi connectivity index (χ4n) is 3.31. The molecule has 4 heteroatoms. The minimum absolute atomic E-state index is 0.275. The fourth-order valence-corrected chi connectivity index (χ4v) is 3.50. The lowest BCUT2D eigenvalue weighted by atomic mass is 9.72. The van der Waals surface area contributed by atoms with Crippen molar-refractivity contribution in [3.63, 3.8) is 0 Å². The molecule has 0 amide bonds. The normalized spacial score (nSPS) is 26.1. The quantitative estimate of drug-likeness (QED) is 0.910. The van der Waals surface area contributed by atoms with Gasteiger partial charge in [0.05, 0.1) is 5.60 Å². The second kappa shape index (κ2) is 5.99. The molecule has 1 aliphatic heterocycles. The van der Waals surface area contributed by atoms with Gasteiger partial charge in [0.1, 0.15) is 5.82 Å². The van der Waals surface area contributed by atoms with E-state index in [1.807, 2.05) is 25.2 Å². The zero-order valence-corrected chi connectivity index (χ0v) is 13.2. The van der Waals surface area contributed by atoms with E-state index in [9.17, 15) is 9.50 Å². The zero-order chi connectivity index (χ0) is 15.7. The standard InChI is InChI=1S/C18H19ClFNO/c1-21-10-9-18(22,13-5-4-6-14(19)11-13)16(12-21)15-7-2-3-8-17(15)20/h2-8,11,16,22H,9-10,12H2,1H3/t16-,18+/m1/s1. The minimum atomic E-state index is -1.11. The molecule has 0 unspecified atom stereocenters. The van der Waals surface area contributed by atoms with Gasteiger partial charge < -0.3 is 10.0 Å². The van der Waals surface area contributed by atoms with Crippen molar-refractivity contribution >= 4 is 11.6 Å². The summed E-state index contributed by atoms with van der Waals surface area (Å²) in [6.07, 6.45) is 0.544. The number of aliphatic hydroxyl groups is 1. The molecule has 1 saturated heterocycles. The maximum absolute atomic E-state index is 14.3. The molecule has 0 spiro atoms. The van der Waals surface area contributed by atoms with Crippen molar-refractivity contribution in [2.45, 2.75) is 17.9 Å². The van der Waals surface area contributed by atoms with E-state index in [0.717, 1.165) is 12.1 Å². The second-order valence-corrected chi connectivity index (χ2v) is 6.46. The molecule has 0 radical (unpaired) electrons. The third-order valence-corrected chi connectivity index (χ3v) is 4.79. The fraction of sp³-hybridized carbons (Fsp3) is 0.333. The smallest absolute Gasteiger partial charge is 0.126 e. The number of nitrogens with zero attached hydrogens (tertiary/aromatic N) is 1. The van der Waals surface area contributed by atoms with Crippen molar-refractivity contribution in [1.29, 1.82) is 0 Å². The minimum Gasteiger partial charge on any atom is -0.384 e. The van der Waals surface area contributed by atoms with Gasteiger partial charge in [-0.05, 0) is 42.8 Å². The Morgan fingerprint density at radius 3 is 2.73 bits per heavy atom. The molecular formula is C18H19ClFNO. The molecule has 0 saturated carbocycles. The molecule has 0 bridgehead atoms. The molecule has 1 aliphatic rings. The predicted molar refractivity (Wildman–Crippen MR) is 86.6 cm³/mol. The Labute approximate surface area is 135 Å². The van der Waals surface area contributed by atoms with Crippen LogP contribution in [0.1, 0.15) is 23.5 Å². The first kappa shape index (κ1) is 15.5. The van der Waals surface area contributed by atoms with E-state index in [1.54, 1.807) is 24.3 Å². The van der Waals surface area contributed by atoms with Gasteiger partial charge in [0.25, 0.3) is 0 Å². The molecule has 2 aromatic rings. The van der Waals surface area contributed by atoms with Crippen LogP contribution in [0.2, 0.25) is 5.02 Å². The van der Waals surface area contributed by atoms with Crippen molar-refractivity contribution in [2.24, 2.45) is 0 Å². The van der Waals surface area contributed by atoms with Crippen LogP contribution in [0.15, 0.2) is 48.5 Å². The summed E-state index contributed by atoms with van der Waals surface area (Å²) in [5.41, 5.74) is 0.192. The third kappa shape index (κ3) is 2.76. The highest BCUT2D eigenvalue weighted by atomic mass is 35.5. The van der Waals surface area contributed by atoms with Crippen LogP contribution in [-0.2, 0) is 5.60 Å². The van der Waals surface area contributed by atoms with Crippen molar-refractivity contribution in [3.8, 4) is 0 Å². The number of rotatable bonds is 2. The summed E-state index contributed by atoms with van der Waals surface area (Å²) in [5, 5.41) is 12.0. The SMILES string of the molecule is CN1CC[C@](O)(c2cccc(Cl)c2)[C@@H](c2ccccc2F)C1. The maximum Gasteiger partial charge on any atom is 0.126 e. The molecule has 1 heterocycles. The molecule has 2 aromatic carbocycles. The number of halogens is 2. The van der Waals surface area contributed by atoms with Crippen LogP contribution in [-0.4, -0.2) is 30.1 Å². The van der Waals surface area contributed by atoms with Gasteiger partial charge in [-0.15, -0.1) is 0 Å². The van der Waals surface area contributed by atoms with Crippen LogP contribution >= 0.6 is 11.6 Å². The lowest BCUT2D eigenvalue weighted by Crippen LogP contribution is -2.47. The second-order valence-electron chi connectivity index (χ2n) is 6.02.